The van der Waals surface area contributed by atoms with E-state index in [-0.39, 0.29) is 29.5 Å². The van der Waals surface area contributed by atoms with Crippen molar-refractivity contribution in [2.45, 2.75) is 53.0 Å². The third kappa shape index (κ3) is 9.00. The normalized spacial score (nSPS) is 21.7. The summed E-state index contributed by atoms with van der Waals surface area (Å²) < 4.78 is 0. The van der Waals surface area contributed by atoms with E-state index in [2.05, 4.69) is 49.8 Å². The molecule has 0 radical (unpaired) electrons. The summed E-state index contributed by atoms with van der Waals surface area (Å²) in [4.78, 5) is 7.07. The van der Waals surface area contributed by atoms with Gasteiger partial charge in [0.2, 0.25) is 0 Å². The van der Waals surface area contributed by atoms with Gasteiger partial charge in [-0.3, -0.25) is 4.99 Å². The molecule has 0 spiro atoms. The highest BCUT2D eigenvalue weighted by molar-refractivity contribution is 14.0. The Morgan fingerprint density at radius 2 is 2.05 bits per heavy atom. The van der Waals surface area contributed by atoms with Gasteiger partial charge in [0.25, 0.3) is 0 Å². The molecular formula is C15H33IN4. The van der Waals surface area contributed by atoms with Crippen LogP contribution in [0.25, 0.3) is 0 Å². The van der Waals surface area contributed by atoms with Crippen LogP contribution in [0.2, 0.25) is 0 Å². The zero-order valence-electron chi connectivity index (χ0n) is 13.8. The Bertz CT molecular complexity index is 297. The highest BCUT2D eigenvalue weighted by Crippen LogP contribution is 2.17. The number of piperidine rings is 1. The summed E-state index contributed by atoms with van der Waals surface area (Å²) in [5, 5.41) is 3.22. The van der Waals surface area contributed by atoms with Crippen molar-refractivity contribution in [3.63, 3.8) is 0 Å². The van der Waals surface area contributed by atoms with Crippen molar-refractivity contribution >= 4 is 29.9 Å². The molecule has 0 bridgehead atoms. The van der Waals surface area contributed by atoms with E-state index in [1.807, 2.05) is 0 Å². The zero-order valence-corrected chi connectivity index (χ0v) is 16.1. The lowest BCUT2D eigenvalue weighted by Gasteiger charge is -2.33. The summed E-state index contributed by atoms with van der Waals surface area (Å²) in [6, 6.07) is 0. The summed E-state index contributed by atoms with van der Waals surface area (Å²) in [6.07, 6.45) is 2.57. The first-order valence-electron chi connectivity index (χ1n) is 7.56. The van der Waals surface area contributed by atoms with Gasteiger partial charge in [-0.15, -0.1) is 24.0 Å². The molecule has 1 saturated heterocycles. The summed E-state index contributed by atoms with van der Waals surface area (Å²) >= 11 is 0. The first-order chi connectivity index (χ1) is 8.76. The van der Waals surface area contributed by atoms with Crippen LogP contribution in [-0.2, 0) is 0 Å². The molecule has 1 aliphatic rings. The van der Waals surface area contributed by atoms with Gasteiger partial charge in [0.05, 0.1) is 0 Å². The van der Waals surface area contributed by atoms with Crippen LogP contribution in [0.1, 0.15) is 47.5 Å². The maximum atomic E-state index is 5.92. The lowest BCUT2D eigenvalue weighted by atomic mass is 9.97. The van der Waals surface area contributed by atoms with Crippen LogP contribution in [0.5, 0.6) is 0 Å². The fourth-order valence-electron chi connectivity index (χ4n) is 2.63. The molecule has 0 amide bonds. The fourth-order valence-corrected chi connectivity index (χ4v) is 2.63. The van der Waals surface area contributed by atoms with Gasteiger partial charge in [-0.2, -0.15) is 0 Å². The summed E-state index contributed by atoms with van der Waals surface area (Å²) in [5.74, 6) is 1.98. The maximum absolute atomic E-state index is 5.92. The Morgan fingerprint density at radius 1 is 1.40 bits per heavy atom. The molecule has 1 atom stereocenters. The first kappa shape index (κ1) is 20.0. The highest BCUT2D eigenvalue weighted by Gasteiger charge is 2.20. The minimum atomic E-state index is -0.0101. The van der Waals surface area contributed by atoms with Crippen molar-refractivity contribution in [1.29, 1.82) is 0 Å². The van der Waals surface area contributed by atoms with E-state index in [4.69, 9.17) is 5.73 Å². The lowest BCUT2D eigenvalue weighted by molar-refractivity contribution is 0.162. The molecule has 1 unspecified atom stereocenters. The van der Waals surface area contributed by atoms with Crippen LogP contribution in [-0.4, -0.2) is 42.6 Å². The second-order valence-corrected chi connectivity index (χ2v) is 7.26. The fraction of sp³-hybridized carbons (Fsp3) is 0.933. The smallest absolute Gasteiger partial charge is 0.188 e. The SMILES string of the molecule is CC(C)CN1CCCC(CN=C(N)NC(C)(C)C)C1.I. The molecular weight excluding hydrogens is 363 g/mol. The van der Waals surface area contributed by atoms with Crippen molar-refractivity contribution in [3.05, 3.63) is 0 Å². The number of guanidine groups is 1. The Balaban J connectivity index is 0.00000361. The van der Waals surface area contributed by atoms with Gasteiger partial charge in [-0.25, -0.2) is 0 Å². The largest absolute Gasteiger partial charge is 0.370 e. The van der Waals surface area contributed by atoms with E-state index in [0.717, 1.165) is 12.5 Å². The van der Waals surface area contributed by atoms with E-state index in [9.17, 15) is 0 Å². The van der Waals surface area contributed by atoms with Gasteiger partial charge in [-0.1, -0.05) is 13.8 Å². The van der Waals surface area contributed by atoms with Crippen LogP contribution in [0.4, 0.5) is 0 Å². The average Bonchev–Trinajstić information content (AvgIpc) is 2.23. The van der Waals surface area contributed by atoms with E-state index < -0.39 is 0 Å². The lowest BCUT2D eigenvalue weighted by Crippen LogP contribution is -2.45. The Morgan fingerprint density at radius 3 is 2.60 bits per heavy atom. The number of rotatable bonds is 4. The molecule has 20 heavy (non-hydrogen) atoms. The minimum absolute atomic E-state index is 0. The second-order valence-electron chi connectivity index (χ2n) is 7.26. The van der Waals surface area contributed by atoms with E-state index >= 15 is 0 Å². The number of hydrogen-bond donors (Lipinski definition) is 2. The number of nitrogens with two attached hydrogens (primary N) is 1. The molecule has 3 N–H and O–H groups in total. The molecule has 0 saturated carbocycles. The monoisotopic (exact) mass is 396 g/mol. The number of likely N-dealkylation sites (tertiary alicyclic amines) is 1. The number of hydrogen-bond acceptors (Lipinski definition) is 2. The standard InChI is InChI=1S/C15H32N4.HI/c1-12(2)10-19-8-6-7-13(11-19)9-17-14(16)18-15(3,4)5;/h12-13H,6-11H2,1-5H3,(H3,16,17,18);1H. The molecule has 1 rings (SSSR count). The predicted molar refractivity (Wildman–Crippen MR) is 98.8 cm³/mol. The Hall–Kier alpha value is -0.0400. The molecule has 120 valence electrons. The van der Waals surface area contributed by atoms with Gasteiger partial charge in [-0.05, 0) is 52.0 Å². The third-order valence-corrected chi connectivity index (χ3v) is 3.25. The quantitative estimate of drug-likeness (QED) is 0.437. The van der Waals surface area contributed by atoms with Crippen molar-refractivity contribution < 1.29 is 0 Å². The van der Waals surface area contributed by atoms with E-state index in [1.165, 1.54) is 32.5 Å². The van der Waals surface area contributed by atoms with Crippen LogP contribution in [0, 0.1) is 11.8 Å². The molecule has 1 aliphatic heterocycles. The van der Waals surface area contributed by atoms with Gasteiger partial charge >= 0.3 is 0 Å². The second kappa shape index (κ2) is 9.07. The van der Waals surface area contributed by atoms with Crippen molar-refractivity contribution in [2.24, 2.45) is 22.6 Å². The maximum Gasteiger partial charge on any atom is 0.188 e. The summed E-state index contributed by atoms with van der Waals surface area (Å²) in [6.45, 7) is 15.3. The Labute approximate surface area is 142 Å². The van der Waals surface area contributed by atoms with Crippen molar-refractivity contribution in [3.8, 4) is 0 Å². The van der Waals surface area contributed by atoms with Crippen LogP contribution in [0.3, 0.4) is 0 Å². The molecule has 1 heterocycles. The van der Waals surface area contributed by atoms with Gasteiger partial charge in [0.1, 0.15) is 0 Å². The van der Waals surface area contributed by atoms with Gasteiger partial charge < -0.3 is 16.0 Å². The zero-order chi connectivity index (χ0) is 14.5. The molecule has 0 aromatic carbocycles. The van der Waals surface area contributed by atoms with Gasteiger partial charge in [0.15, 0.2) is 5.96 Å². The molecule has 5 heteroatoms. The van der Waals surface area contributed by atoms with Crippen LogP contribution < -0.4 is 11.1 Å². The van der Waals surface area contributed by atoms with Crippen molar-refractivity contribution in [1.82, 2.24) is 10.2 Å². The number of nitrogens with zero attached hydrogens (tertiary/aromatic N) is 2. The molecule has 0 aliphatic carbocycles. The molecule has 0 aromatic rings. The Kier molecular flexibility index (Phi) is 9.06. The highest BCUT2D eigenvalue weighted by atomic mass is 127. The molecule has 4 nitrogen and oxygen atoms in total. The van der Waals surface area contributed by atoms with E-state index in [0.29, 0.717) is 11.9 Å². The minimum Gasteiger partial charge on any atom is -0.370 e. The molecule has 1 fully saturated rings. The summed E-state index contributed by atoms with van der Waals surface area (Å²) in [5.41, 5.74) is 5.91. The van der Waals surface area contributed by atoms with Crippen molar-refractivity contribution in [2.75, 3.05) is 26.2 Å². The third-order valence-electron chi connectivity index (χ3n) is 3.25. The number of aliphatic imine (C=N–C) groups is 1. The average molecular weight is 396 g/mol. The van der Waals surface area contributed by atoms with E-state index in [1.54, 1.807) is 0 Å². The number of halogens is 1. The summed E-state index contributed by atoms with van der Waals surface area (Å²) in [7, 11) is 0. The topological polar surface area (TPSA) is 53.6 Å². The molecule has 0 aromatic heterocycles. The van der Waals surface area contributed by atoms with Crippen LogP contribution in [0.15, 0.2) is 4.99 Å². The predicted octanol–water partition coefficient (Wildman–Crippen LogP) is 2.68. The van der Waals surface area contributed by atoms with Gasteiger partial charge in [0, 0.05) is 25.2 Å². The first-order valence-corrected chi connectivity index (χ1v) is 7.56. The van der Waals surface area contributed by atoms with Crippen LogP contribution >= 0.6 is 24.0 Å². The number of nitrogens with one attached hydrogen (secondary N) is 1.